The molecule has 0 heterocycles. The van der Waals surface area contributed by atoms with Crippen molar-refractivity contribution in [2.45, 2.75) is 19.1 Å². The third-order valence-electron chi connectivity index (χ3n) is 0.817. The van der Waals surface area contributed by atoms with Crippen molar-refractivity contribution in [1.29, 1.82) is 0 Å². The highest BCUT2D eigenvalue weighted by atomic mass is 31.1. The van der Waals surface area contributed by atoms with E-state index in [0.717, 1.165) is 0 Å². The molecule has 58 valence electrons. The lowest BCUT2D eigenvalue weighted by molar-refractivity contribution is -0.143. The Kier molecular flexibility index (Phi) is 5.08. The zero-order chi connectivity index (χ0) is 7.98. The average molecular weight is 163 g/mol. The van der Waals surface area contributed by atoms with E-state index in [4.69, 9.17) is 5.73 Å². The van der Waals surface area contributed by atoms with E-state index < -0.39 is 11.8 Å². The van der Waals surface area contributed by atoms with Gasteiger partial charge in [0.1, 0.15) is 0 Å². The predicted octanol–water partition coefficient (Wildman–Crippen LogP) is 0.516. The summed E-state index contributed by atoms with van der Waals surface area (Å²) in [6.45, 7) is 2.04. The van der Waals surface area contributed by atoms with Gasteiger partial charge in [-0.3, -0.25) is 9.36 Å². The normalized spacial score (nSPS) is 13.0. The molecule has 1 unspecified atom stereocenters. The maximum atomic E-state index is 10.6. The number of carbonyl (C=O) groups is 1. The predicted molar refractivity (Wildman–Crippen MR) is 36.8 cm³/mol. The Labute approximate surface area is 60.9 Å². The van der Waals surface area contributed by atoms with Crippen LogP contribution in [0.15, 0.2) is 0 Å². The van der Waals surface area contributed by atoms with E-state index in [1.54, 1.807) is 6.92 Å². The van der Waals surface area contributed by atoms with E-state index in [1.807, 2.05) is 0 Å². The second-order valence-electron chi connectivity index (χ2n) is 1.68. The maximum Gasteiger partial charge on any atom is 0.308 e. The van der Waals surface area contributed by atoms with Gasteiger partial charge in [0, 0.05) is 0 Å². The fraction of sp³-hybridized carbons (Fsp3) is 0.800. The van der Waals surface area contributed by atoms with Gasteiger partial charge in [0.05, 0.1) is 18.8 Å². The van der Waals surface area contributed by atoms with Gasteiger partial charge in [-0.15, -0.1) is 0 Å². The smallest absolute Gasteiger partial charge is 0.308 e. The molecule has 10 heavy (non-hydrogen) atoms. The maximum absolute atomic E-state index is 10.6. The van der Waals surface area contributed by atoms with Crippen molar-refractivity contribution >= 4 is 14.4 Å². The van der Waals surface area contributed by atoms with Crippen LogP contribution in [-0.2, 0) is 14.1 Å². The van der Waals surface area contributed by atoms with Crippen LogP contribution in [0, 0.1) is 0 Å². The number of hydrogen-bond donors (Lipinski definition) is 1. The van der Waals surface area contributed by atoms with Gasteiger partial charge in [-0.2, -0.15) is 0 Å². The minimum absolute atomic E-state index is 0.0128. The van der Waals surface area contributed by atoms with Gasteiger partial charge in [0.25, 0.3) is 0 Å². The summed E-state index contributed by atoms with van der Waals surface area (Å²) < 4.78 is 14.6. The third kappa shape index (κ3) is 4.41. The fourth-order valence-electron chi connectivity index (χ4n) is 0.428. The molecule has 0 saturated heterocycles. The molecule has 1 atom stereocenters. The van der Waals surface area contributed by atoms with Crippen LogP contribution in [0.3, 0.4) is 0 Å². The van der Waals surface area contributed by atoms with Crippen LogP contribution in [0.1, 0.15) is 13.3 Å². The zero-order valence-electron chi connectivity index (χ0n) is 5.74. The SMILES string of the molecule is CCOC(=O)CC(N)P=O. The van der Waals surface area contributed by atoms with E-state index in [2.05, 4.69) is 4.74 Å². The van der Waals surface area contributed by atoms with Crippen LogP contribution in [0.2, 0.25) is 0 Å². The molecule has 0 radical (unpaired) electrons. The molecule has 4 nitrogen and oxygen atoms in total. The van der Waals surface area contributed by atoms with Gasteiger partial charge < -0.3 is 10.5 Å². The lowest BCUT2D eigenvalue weighted by Gasteiger charge is -2.01. The molecule has 0 fully saturated rings. The van der Waals surface area contributed by atoms with E-state index >= 15 is 0 Å². The van der Waals surface area contributed by atoms with Gasteiger partial charge in [0.2, 0.25) is 0 Å². The molecule has 0 spiro atoms. The monoisotopic (exact) mass is 163 g/mol. The van der Waals surface area contributed by atoms with Crippen molar-refractivity contribution in [3.05, 3.63) is 0 Å². The summed E-state index contributed by atoms with van der Waals surface area (Å²) in [6, 6.07) is 0. The number of nitrogens with two attached hydrogens (primary N) is 1. The number of hydrogen-bond acceptors (Lipinski definition) is 4. The van der Waals surface area contributed by atoms with Gasteiger partial charge in [-0.25, -0.2) is 0 Å². The second kappa shape index (κ2) is 5.33. The van der Waals surface area contributed by atoms with Crippen molar-refractivity contribution in [3.8, 4) is 0 Å². The van der Waals surface area contributed by atoms with Crippen molar-refractivity contribution in [2.75, 3.05) is 6.61 Å². The van der Waals surface area contributed by atoms with Crippen molar-refractivity contribution < 1.29 is 14.1 Å². The zero-order valence-corrected chi connectivity index (χ0v) is 6.64. The highest BCUT2D eigenvalue weighted by Gasteiger charge is 2.08. The second-order valence-corrected chi connectivity index (χ2v) is 2.56. The van der Waals surface area contributed by atoms with Crippen LogP contribution in [0.25, 0.3) is 0 Å². The largest absolute Gasteiger partial charge is 0.466 e. The molecule has 0 aromatic rings. The summed E-state index contributed by atoms with van der Waals surface area (Å²) in [5, 5.41) is 0. The number of esters is 1. The molecule has 0 bridgehead atoms. The topological polar surface area (TPSA) is 69.4 Å². The van der Waals surface area contributed by atoms with Crippen LogP contribution in [-0.4, -0.2) is 18.4 Å². The van der Waals surface area contributed by atoms with Crippen molar-refractivity contribution in [1.82, 2.24) is 0 Å². The summed E-state index contributed by atoms with van der Waals surface area (Å²) in [5.41, 5.74) is 5.18. The molecule has 0 aromatic heterocycles. The van der Waals surface area contributed by atoms with Crippen LogP contribution in [0.5, 0.6) is 0 Å². The Bertz CT molecular complexity index is 128. The molecule has 0 amide bonds. The number of ether oxygens (including phenoxy) is 1. The molecule has 2 N–H and O–H groups in total. The fourth-order valence-corrected chi connectivity index (χ4v) is 0.652. The number of rotatable bonds is 4. The van der Waals surface area contributed by atoms with Gasteiger partial charge >= 0.3 is 5.97 Å². The quantitative estimate of drug-likeness (QED) is 0.484. The molecule has 5 heteroatoms. The molecule has 0 aliphatic rings. The van der Waals surface area contributed by atoms with E-state index in [0.29, 0.717) is 6.61 Å². The molecular formula is C5H10NO3P. The summed E-state index contributed by atoms with van der Waals surface area (Å²) in [7, 11) is -0.219. The molecular weight excluding hydrogens is 153 g/mol. The first kappa shape index (κ1) is 9.53. The Morgan fingerprint density at radius 3 is 2.80 bits per heavy atom. The molecule has 0 aliphatic heterocycles. The Balaban J connectivity index is 3.46. The summed E-state index contributed by atoms with van der Waals surface area (Å²) in [4.78, 5) is 10.6. The number of carbonyl (C=O) groups excluding carboxylic acids is 1. The summed E-state index contributed by atoms with van der Waals surface area (Å²) in [6.07, 6.45) is 0.0128. The molecule has 0 saturated carbocycles. The van der Waals surface area contributed by atoms with Gasteiger partial charge in [-0.05, 0) is 6.92 Å². The highest BCUT2D eigenvalue weighted by molar-refractivity contribution is 7.24. The van der Waals surface area contributed by atoms with Crippen molar-refractivity contribution in [3.63, 3.8) is 0 Å². The Hall–Kier alpha value is -0.470. The van der Waals surface area contributed by atoms with Crippen LogP contribution < -0.4 is 5.73 Å². The first-order valence-electron chi connectivity index (χ1n) is 2.94. The lowest BCUT2D eigenvalue weighted by atomic mass is 10.4. The third-order valence-corrected chi connectivity index (χ3v) is 1.27. The Morgan fingerprint density at radius 1 is 1.80 bits per heavy atom. The Morgan fingerprint density at radius 2 is 2.40 bits per heavy atom. The molecule has 0 aliphatic carbocycles. The van der Waals surface area contributed by atoms with Crippen molar-refractivity contribution in [2.24, 2.45) is 5.73 Å². The van der Waals surface area contributed by atoms with Gasteiger partial charge in [-0.1, -0.05) is 0 Å². The summed E-state index contributed by atoms with van der Waals surface area (Å²) in [5.74, 6) is -1.03. The van der Waals surface area contributed by atoms with E-state index in [-0.39, 0.29) is 14.9 Å². The lowest BCUT2D eigenvalue weighted by Crippen LogP contribution is -2.18. The van der Waals surface area contributed by atoms with E-state index in [1.165, 1.54) is 0 Å². The molecule has 0 aromatic carbocycles. The van der Waals surface area contributed by atoms with Crippen LogP contribution in [0.4, 0.5) is 0 Å². The van der Waals surface area contributed by atoms with E-state index in [9.17, 15) is 9.36 Å². The first-order valence-corrected chi connectivity index (χ1v) is 3.82. The van der Waals surface area contributed by atoms with Gasteiger partial charge in [0.15, 0.2) is 8.46 Å². The van der Waals surface area contributed by atoms with Crippen LogP contribution >= 0.6 is 8.46 Å². The first-order chi connectivity index (χ1) is 4.70. The minimum atomic E-state index is -0.626. The summed E-state index contributed by atoms with van der Waals surface area (Å²) >= 11 is 0. The molecule has 0 rings (SSSR count). The highest BCUT2D eigenvalue weighted by Crippen LogP contribution is 2.04. The standard InChI is InChI=1S/C5H10NO3P/c1-2-9-5(7)3-4(6)10-8/h4H,2-3,6H2,1H3. The average Bonchev–Trinajstić information content (AvgIpc) is 1.88. The minimum Gasteiger partial charge on any atom is -0.466 e.